The van der Waals surface area contributed by atoms with Crippen LogP contribution in [0, 0.1) is 0 Å². The van der Waals surface area contributed by atoms with Gasteiger partial charge in [-0.25, -0.2) is 0 Å². The van der Waals surface area contributed by atoms with Crippen LogP contribution in [-0.2, 0) is 4.79 Å². The molecule has 1 rings (SSSR count). The summed E-state index contributed by atoms with van der Waals surface area (Å²) in [6.45, 7) is 0. The van der Waals surface area contributed by atoms with Gasteiger partial charge in [0.15, 0.2) is 0 Å². The molecule has 1 aliphatic rings. The minimum Gasteiger partial charge on any atom is -0.481 e. The highest BCUT2D eigenvalue weighted by molar-refractivity contribution is 14.1. The summed E-state index contributed by atoms with van der Waals surface area (Å²) in [7, 11) is 0. The minimum atomic E-state index is -0.954. The highest BCUT2D eigenvalue weighted by Crippen LogP contribution is 2.36. The second-order valence-electron chi connectivity index (χ2n) is 3.39. The van der Waals surface area contributed by atoms with Crippen molar-refractivity contribution in [3.05, 3.63) is 0 Å². The zero-order valence-corrected chi connectivity index (χ0v) is 8.95. The van der Waals surface area contributed by atoms with Gasteiger partial charge in [-0.05, 0) is 12.8 Å². The lowest BCUT2D eigenvalue weighted by molar-refractivity contribution is -0.143. The molecule has 4 heteroatoms. The van der Waals surface area contributed by atoms with Gasteiger partial charge in [0.2, 0.25) is 0 Å². The summed E-state index contributed by atoms with van der Waals surface area (Å²) in [4.78, 5) is 10.5. The maximum atomic E-state index is 10.5. The Kier molecular flexibility index (Phi) is 3.34. The van der Waals surface area contributed by atoms with Gasteiger partial charge in [-0.15, -0.1) is 0 Å². The second-order valence-corrected chi connectivity index (χ2v) is 4.89. The van der Waals surface area contributed by atoms with E-state index < -0.39 is 11.6 Å². The fourth-order valence-electron chi connectivity index (χ4n) is 1.64. The van der Waals surface area contributed by atoms with Gasteiger partial charge in [0.25, 0.3) is 0 Å². The zero-order chi connectivity index (χ0) is 9.19. The van der Waals surface area contributed by atoms with Crippen molar-refractivity contribution in [1.29, 1.82) is 0 Å². The molecule has 0 aromatic carbocycles. The zero-order valence-electron chi connectivity index (χ0n) is 6.79. The fraction of sp³-hybridized carbons (Fsp3) is 0.875. The number of hydrogen-bond donors (Lipinski definition) is 2. The molecule has 0 aromatic rings. The van der Waals surface area contributed by atoms with E-state index in [0.717, 1.165) is 19.3 Å². The number of alkyl halides is 1. The molecule has 70 valence electrons. The number of carbonyl (C=O) groups is 1. The Morgan fingerprint density at radius 1 is 1.58 bits per heavy atom. The molecule has 12 heavy (non-hydrogen) atoms. The third kappa shape index (κ3) is 2.32. The van der Waals surface area contributed by atoms with Crippen LogP contribution >= 0.6 is 22.6 Å². The van der Waals surface area contributed by atoms with E-state index in [-0.39, 0.29) is 10.3 Å². The molecule has 1 saturated carbocycles. The molecule has 0 aliphatic heterocycles. The molecule has 0 radical (unpaired) electrons. The number of carboxylic acid groups (broad SMARTS) is 1. The fourth-order valence-corrected chi connectivity index (χ4v) is 2.61. The highest BCUT2D eigenvalue weighted by atomic mass is 127. The largest absolute Gasteiger partial charge is 0.481 e. The first-order valence-corrected chi connectivity index (χ1v) is 5.37. The first kappa shape index (κ1) is 10.2. The van der Waals surface area contributed by atoms with E-state index in [1.54, 1.807) is 0 Å². The average Bonchev–Trinajstić information content (AvgIpc) is 1.94. The molecule has 1 unspecified atom stereocenters. The molecule has 2 atom stereocenters. The van der Waals surface area contributed by atoms with Gasteiger partial charge in [-0.3, -0.25) is 4.79 Å². The average molecular weight is 284 g/mol. The van der Waals surface area contributed by atoms with Gasteiger partial charge in [-0.1, -0.05) is 35.4 Å². The van der Waals surface area contributed by atoms with Crippen molar-refractivity contribution in [2.24, 2.45) is 0 Å². The normalized spacial score (nSPS) is 36.3. The lowest BCUT2D eigenvalue weighted by Crippen LogP contribution is -2.43. The Labute approximate surface area is 85.3 Å². The Morgan fingerprint density at radius 2 is 2.25 bits per heavy atom. The highest BCUT2D eigenvalue weighted by Gasteiger charge is 2.38. The smallest absolute Gasteiger partial charge is 0.306 e. The van der Waals surface area contributed by atoms with E-state index in [0.29, 0.717) is 6.42 Å². The number of carboxylic acids is 1. The Bertz CT molecular complexity index is 183. The molecule has 0 heterocycles. The van der Waals surface area contributed by atoms with Crippen LogP contribution in [0.5, 0.6) is 0 Å². The van der Waals surface area contributed by atoms with Crippen LogP contribution in [0.1, 0.15) is 32.1 Å². The van der Waals surface area contributed by atoms with Crippen LogP contribution in [0.15, 0.2) is 0 Å². The first-order chi connectivity index (χ1) is 5.54. The number of halogens is 1. The molecule has 0 amide bonds. The summed E-state index contributed by atoms with van der Waals surface area (Å²) in [6, 6.07) is 0. The Hall–Kier alpha value is 0.160. The van der Waals surface area contributed by atoms with E-state index in [1.165, 1.54) is 0 Å². The predicted molar refractivity (Wildman–Crippen MR) is 53.5 cm³/mol. The standard InChI is InChI=1S/C8H13IO3/c9-6-3-1-2-4-8(6,12)5-7(10)11/h6,12H,1-5H2,(H,10,11)/t6-,8?/m0/s1. The number of rotatable bonds is 2. The Morgan fingerprint density at radius 3 is 2.75 bits per heavy atom. The number of aliphatic carboxylic acids is 1. The summed E-state index contributed by atoms with van der Waals surface area (Å²) in [5.74, 6) is -0.902. The lowest BCUT2D eigenvalue weighted by atomic mass is 9.82. The van der Waals surface area contributed by atoms with Gasteiger partial charge >= 0.3 is 5.97 Å². The molecule has 0 saturated heterocycles. The van der Waals surface area contributed by atoms with Crippen molar-refractivity contribution in [3.8, 4) is 0 Å². The molecule has 2 N–H and O–H groups in total. The van der Waals surface area contributed by atoms with E-state index in [4.69, 9.17) is 5.11 Å². The van der Waals surface area contributed by atoms with Crippen LogP contribution < -0.4 is 0 Å². The third-order valence-corrected chi connectivity index (χ3v) is 4.14. The lowest BCUT2D eigenvalue weighted by Gasteiger charge is -2.35. The molecule has 0 spiro atoms. The molecule has 0 bridgehead atoms. The Balaban J connectivity index is 2.59. The molecule has 1 aliphatic carbocycles. The van der Waals surface area contributed by atoms with Crippen molar-refractivity contribution in [2.75, 3.05) is 0 Å². The number of aliphatic hydroxyl groups is 1. The monoisotopic (exact) mass is 284 g/mol. The maximum Gasteiger partial charge on any atom is 0.306 e. The van der Waals surface area contributed by atoms with Gasteiger partial charge in [0, 0.05) is 3.92 Å². The van der Waals surface area contributed by atoms with Crippen LogP contribution in [0.25, 0.3) is 0 Å². The van der Waals surface area contributed by atoms with Crippen LogP contribution in [-0.4, -0.2) is 25.7 Å². The van der Waals surface area contributed by atoms with Crippen LogP contribution in [0.4, 0.5) is 0 Å². The summed E-state index contributed by atoms with van der Waals surface area (Å²) in [5, 5.41) is 18.5. The van der Waals surface area contributed by atoms with Gasteiger partial charge in [-0.2, -0.15) is 0 Å². The van der Waals surface area contributed by atoms with E-state index >= 15 is 0 Å². The predicted octanol–water partition coefficient (Wildman–Crippen LogP) is 1.57. The second kappa shape index (κ2) is 3.91. The summed E-state index contributed by atoms with van der Waals surface area (Å²) < 4.78 is 0.0972. The molecule has 0 aromatic heterocycles. The van der Waals surface area contributed by atoms with Crippen molar-refractivity contribution in [1.82, 2.24) is 0 Å². The minimum absolute atomic E-state index is 0.0972. The summed E-state index contributed by atoms with van der Waals surface area (Å²) in [6.07, 6.45) is 3.51. The summed E-state index contributed by atoms with van der Waals surface area (Å²) in [5.41, 5.74) is -0.954. The molecule has 3 nitrogen and oxygen atoms in total. The van der Waals surface area contributed by atoms with E-state index in [9.17, 15) is 9.90 Å². The topological polar surface area (TPSA) is 57.5 Å². The van der Waals surface area contributed by atoms with E-state index in [2.05, 4.69) is 22.6 Å². The van der Waals surface area contributed by atoms with Gasteiger partial charge < -0.3 is 10.2 Å². The number of hydrogen-bond acceptors (Lipinski definition) is 2. The maximum absolute atomic E-state index is 10.5. The SMILES string of the molecule is O=C(O)CC1(O)CCCC[C@@H]1I. The van der Waals surface area contributed by atoms with Gasteiger partial charge in [0.1, 0.15) is 0 Å². The summed E-state index contributed by atoms with van der Waals surface area (Å²) >= 11 is 2.16. The van der Waals surface area contributed by atoms with Crippen LogP contribution in [0.2, 0.25) is 0 Å². The quantitative estimate of drug-likeness (QED) is 0.598. The third-order valence-electron chi connectivity index (χ3n) is 2.36. The van der Waals surface area contributed by atoms with Crippen molar-refractivity contribution >= 4 is 28.6 Å². The molecule has 1 fully saturated rings. The van der Waals surface area contributed by atoms with Crippen molar-refractivity contribution in [2.45, 2.75) is 41.6 Å². The van der Waals surface area contributed by atoms with Gasteiger partial charge in [0.05, 0.1) is 12.0 Å². The van der Waals surface area contributed by atoms with Crippen LogP contribution in [0.3, 0.4) is 0 Å². The molecular formula is C8H13IO3. The van der Waals surface area contributed by atoms with E-state index in [1.807, 2.05) is 0 Å². The first-order valence-electron chi connectivity index (χ1n) is 4.13. The van der Waals surface area contributed by atoms with Crippen molar-refractivity contribution in [3.63, 3.8) is 0 Å². The van der Waals surface area contributed by atoms with Crippen molar-refractivity contribution < 1.29 is 15.0 Å². The molecular weight excluding hydrogens is 271 g/mol.